The van der Waals surface area contributed by atoms with Gasteiger partial charge in [0.05, 0.1) is 16.9 Å². The Kier molecular flexibility index (Phi) is 6.73. The number of hydrogen-bond acceptors (Lipinski definition) is 4. The van der Waals surface area contributed by atoms with Gasteiger partial charge in [-0.1, -0.05) is 36.4 Å². The van der Waals surface area contributed by atoms with Gasteiger partial charge < -0.3 is 10.0 Å². The van der Waals surface area contributed by atoms with Crippen LogP contribution < -0.4 is 0 Å². The molecule has 1 aromatic carbocycles. The van der Waals surface area contributed by atoms with Crippen molar-refractivity contribution < 1.29 is 9.90 Å². The number of aliphatic imine (C=N–C) groups is 1. The third-order valence-corrected chi connectivity index (χ3v) is 5.34. The molecule has 0 atom stereocenters. The van der Waals surface area contributed by atoms with Gasteiger partial charge in [0.1, 0.15) is 0 Å². The molecule has 1 N–H and O–H groups in total. The lowest BCUT2D eigenvalue weighted by atomic mass is 9.85. The number of carbonyl (C=O) groups excluding carboxylic acids is 1. The van der Waals surface area contributed by atoms with Crippen LogP contribution >= 0.6 is 0 Å². The lowest BCUT2D eigenvalue weighted by Gasteiger charge is -2.38. The SMILES string of the molecule is C=N/C=C\C(=C/C)c1ncccc1C(=O)N1CCC(O)(Cc2ccccc2)CC1. The van der Waals surface area contributed by atoms with E-state index in [0.29, 0.717) is 43.6 Å². The number of nitrogens with zero attached hydrogens (tertiary/aromatic N) is 3. The molecule has 1 amide bonds. The van der Waals surface area contributed by atoms with Gasteiger partial charge in [-0.2, -0.15) is 0 Å². The number of hydrogen-bond donors (Lipinski definition) is 1. The summed E-state index contributed by atoms with van der Waals surface area (Å²) >= 11 is 0. The normalized spacial score (nSPS) is 16.8. The number of likely N-dealkylation sites (tertiary alicyclic amines) is 1. The van der Waals surface area contributed by atoms with Crippen LogP contribution in [0.25, 0.3) is 5.57 Å². The lowest BCUT2D eigenvalue weighted by molar-refractivity contribution is -0.0162. The molecule has 1 aliphatic heterocycles. The predicted octanol–water partition coefficient (Wildman–Crippen LogP) is 3.91. The monoisotopic (exact) mass is 389 g/mol. The van der Waals surface area contributed by atoms with Crippen LogP contribution in [0.4, 0.5) is 0 Å². The Morgan fingerprint density at radius 1 is 1.24 bits per heavy atom. The van der Waals surface area contributed by atoms with Crippen LogP contribution in [0.2, 0.25) is 0 Å². The zero-order valence-electron chi connectivity index (χ0n) is 16.8. The molecule has 0 saturated carbocycles. The fourth-order valence-corrected chi connectivity index (χ4v) is 3.70. The Labute approximate surface area is 172 Å². The molecule has 29 heavy (non-hydrogen) atoms. The van der Waals surface area contributed by atoms with Gasteiger partial charge in [0.2, 0.25) is 0 Å². The molecule has 5 heteroatoms. The molecule has 2 heterocycles. The summed E-state index contributed by atoms with van der Waals surface area (Å²) in [6.07, 6.45) is 8.68. The average molecular weight is 389 g/mol. The summed E-state index contributed by atoms with van der Waals surface area (Å²) in [6, 6.07) is 13.6. The van der Waals surface area contributed by atoms with Crippen molar-refractivity contribution in [2.75, 3.05) is 13.1 Å². The number of piperidine rings is 1. The molecule has 0 bridgehead atoms. The van der Waals surface area contributed by atoms with Gasteiger partial charge >= 0.3 is 0 Å². The average Bonchev–Trinajstić information content (AvgIpc) is 2.75. The maximum atomic E-state index is 13.2. The van der Waals surface area contributed by atoms with E-state index in [1.165, 1.54) is 0 Å². The first-order chi connectivity index (χ1) is 14.1. The molecular weight excluding hydrogens is 362 g/mol. The minimum Gasteiger partial charge on any atom is -0.389 e. The maximum absolute atomic E-state index is 13.2. The van der Waals surface area contributed by atoms with E-state index in [4.69, 9.17) is 0 Å². The van der Waals surface area contributed by atoms with Crippen molar-refractivity contribution in [1.29, 1.82) is 0 Å². The Bertz CT molecular complexity index is 911. The third kappa shape index (κ3) is 5.06. The Hall–Kier alpha value is -3.05. The summed E-state index contributed by atoms with van der Waals surface area (Å²) < 4.78 is 0. The number of aliphatic hydroxyl groups is 1. The summed E-state index contributed by atoms with van der Waals surface area (Å²) in [5, 5.41) is 11.0. The number of pyridine rings is 1. The molecule has 1 aromatic heterocycles. The minimum absolute atomic E-state index is 0.0610. The van der Waals surface area contributed by atoms with E-state index < -0.39 is 5.60 Å². The van der Waals surface area contributed by atoms with Gasteiger partial charge in [0, 0.05) is 31.9 Å². The number of carbonyl (C=O) groups is 1. The van der Waals surface area contributed by atoms with Crippen LogP contribution in [0.3, 0.4) is 0 Å². The minimum atomic E-state index is -0.775. The lowest BCUT2D eigenvalue weighted by Crippen LogP contribution is -2.47. The maximum Gasteiger partial charge on any atom is 0.256 e. The molecule has 150 valence electrons. The largest absolute Gasteiger partial charge is 0.389 e. The van der Waals surface area contributed by atoms with Gasteiger partial charge in [0.15, 0.2) is 0 Å². The molecule has 1 saturated heterocycles. The number of amides is 1. The third-order valence-electron chi connectivity index (χ3n) is 5.34. The Balaban J connectivity index is 1.73. The number of benzene rings is 1. The summed E-state index contributed by atoms with van der Waals surface area (Å²) in [5.41, 5.74) is 2.35. The number of aromatic nitrogens is 1. The first kappa shape index (κ1) is 20.7. The van der Waals surface area contributed by atoms with Crippen LogP contribution in [0, 0.1) is 0 Å². The fourth-order valence-electron chi connectivity index (χ4n) is 3.70. The van der Waals surface area contributed by atoms with Crippen LogP contribution in [-0.2, 0) is 6.42 Å². The van der Waals surface area contributed by atoms with Gasteiger partial charge in [0.25, 0.3) is 5.91 Å². The van der Waals surface area contributed by atoms with Gasteiger partial charge in [-0.3, -0.25) is 14.8 Å². The zero-order valence-corrected chi connectivity index (χ0v) is 16.8. The molecule has 0 aliphatic carbocycles. The van der Waals surface area contributed by atoms with E-state index in [1.54, 1.807) is 30.6 Å². The van der Waals surface area contributed by atoms with E-state index in [1.807, 2.05) is 48.2 Å². The highest BCUT2D eigenvalue weighted by Crippen LogP contribution is 2.28. The van der Waals surface area contributed by atoms with Gasteiger partial charge in [-0.05, 0) is 55.8 Å². The Morgan fingerprint density at radius 3 is 2.62 bits per heavy atom. The molecule has 0 spiro atoms. The van der Waals surface area contributed by atoms with E-state index >= 15 is 0 Å². The quantitative estimate of drug-likeness (QED) is 0.602. The van der Waals surface area contributed by atoms with Crippen LogP contribution in [0.15, 0.2) is 72.0 Å². The van der Waals surface area contributed by atoms with Crippen LogP contribution in [-0.4, -0.2) is 46.3 Å². The molecule has 2 aromatic rings. The summed E-state index contributed by atoms with van der Waals surface area (Å²) in [4.78, 5) is 23.2. The first-order valence-electron chi connectivity index (χ1n) is 9.86. The molecular formula is C24H27N3O2. The fraction of sp³-hybridized carbons (Fsp3) is 0.292. The number of allylic oxidation sites excluding steroid dienone is 3. The smallest absolute Gasteiger partial charge is 0.256 e. The van der Waals surface area contributed by atoms with Gasteiger partial charge in [-0.15, -0.1) is 0 Å². The van der Waals surface area contributed by atoms with Gasteiger partial charge in [-0.25, -0.2) is 0 Å². The molecule has 1 aliphatic rings. The molecule has 0 unspecified atom stereocenters. The van der Waals surface area contributed by atoms with Crippen LogP contribution in [0.5, 0.6) is 0 Å². The second-order valence-corrected chi connectivity index (χ2v) is 7.32. The molecule has 0 radical (unpaired) electrons. The van der Waals surface area contributed by atoms with Crippen LogP contribution in [0.1, 0.15) is 41.4 Å². The molecule has 1 fully saturated rings. The predicted molar refractivity (Wildman–Crippen MR) is 117 cm³/mol. The summed E-state index contributed by atoms with van der Waals surface area (Å²) in [5.74, 6) is -0.0610. The van der Waals surface area contributed by atoms with E-state index in [9.17, 15) is 9.90 Å². The van der Waals surface area contributed by atoms with Crippen molar-refractivity contribution in [3.05, 3.63) is 83.8 Å². The highest BCUT2D eigenvalue weighted by atomic mass is 16.3. The topological polar surface area (TPSA) is 65.8 Å². The summed E-state index contributed by atoms with van der Waals surface area (Å²) in [6.45, 7) is 6.39. The second-order valence-electron chi connectivity index (χ2n) is 7.32. The van der Waals surface area contributed by atoms with Crippen molar-refractivity contribution in [2.45, 2.75) is 31.8 Å². The summed E-state index contributed by atoms with van der Waals surface area (Å²) in [7, 11) is 0. The first-order valence-corrected chi connectivity index (χ1v) is 9.86. The number of rotatable bonds is 6. The van der Waals surface area contributed by atoms with Crippen molar-refractivity contribution in [3.8, 4) is 0 Å². The Morgan fingerprint density at radius 2 is 1.97 bits per heavy atom. The zero-order chi connectivity index (χ0) is 20.7. The van der Waals surface area contributed by atoms with Crippen molar-refractivity contribution >= 4 is 18.2 Å². The highest BCUT2D eigenvalue weighted by molar-refractivity contribution is 5.99. The van der Waals surface area contributed by atoms with Crippen molar-refractivity contribution in [1.82, 2.24) is 9.88 Å². The van der Waals surface area contributed by atoms with E-state index in [-0.39, 0.29) is 5.91 Å². The van der Waals surface area contributed by atoms with Crippen molar-refractivity contribution in [3.63, 3.8) is 0 Å². The highest BCUT2D eigenvalue weighted by Gasteiger charge is 2.34. The molecule has 3 rings (SSSR count). The van der Waals surface area contributed by atoms with E-state index in [0.717, 1.165) is 11.1 Å². The molecule has 5 nitrogen and oxygen atoms in total. The van der Waals surface area contributed by atoms with E-state index in [2.05, 4.69) is 16.7 Å². The van der Waals surface area contributed by atoms with Crippen molar-refractivity contribution in [2.24, 2.45) is 4.99 Å². The standard InChI is InChI=1S/C24H27N3O2/c1-3-20(11-15-25-2)22-21(10-7-14-26-22)23(28)27-16-12-24(29,13-17-27)18-19-8-5-4-6-9-19/h3-11,14-15,29H,2,12-13,16-18H2,1H3/b15-11-,20-3+. The second kappa shape index (κ2) is 9.43.